The first-order valence-electron chi connectivity index (χ1n) is 6.84. The molecule has 1 amide bonds. The zero-order valence-corrected chi connectivity index (χ0v) is 12.9. The molecular formula is C14H27NO4. The van der Waals surface area contributed by atoms with E-state index in [0.717, 1.165) is 0 Å². The molecule has 0 aromatic carbocycles. The summed E-state index contributed by atoms with van der Waals surface area (Å²) < 4.78 is 10.1. The van der Waals surface area contributed by atoms with Crippen LogP contribution >= 0.6 is 0 Å². The normalized spacial score (nSPS) is 12.7. The van der Waals surface area contributed by atoms with Gasteiger partial charge in [0, 0.05) is 0 Å². The summed E-state index contributed by atoms with van der Waals surface area (Å²) in [6.45, 7) is 12.2. The van der Waals surface area contributed by atoms with E-state index in [1.165, 1.54) is 0 Å². The van der Waals surface area contributed by atoms with Crippen LogP contribution in [0, 0.1) is 17.8 Å². The Morgan fingerprint density at radius 2 is 1.37 bits per heavy atom. The SMILES string of the molecule is CC(C)COC(=O)N[C@H](C(=O)OCC(C)C)C(C)C. The van der Waals surface area contributed by atoms with Crippen molar-refractivity contribution in [1.29, 1.82) is 0 Å². The minimum absolute atomic E-state index is 0.0498. The number of ether oxygens (including phenoxy) is 2. The van der Waals surface area contributed by atoms with Crippen LogP contribution in [0.15, 0.2) is 0 Å². The molecule has 5 nitrogen and oxygen atoms in total. The summed E-state index contributed by atoms with van der Waals surface area (Å²) in [6.07, 6.45) is -0.575. The molecule has 0 unspecified atom stereocenters. The van der Waals surface area contributed by atoms with Gasteiger partial charge in [-0.3, -0.25) is 0 Å². The quantitative estimate of drug-likeness (QED) is 0.724. The number of carbonyl (C=O) groups excluding carboxylic acids is 2. The highest BCUT2D eigenvalue weighted by atomic mass is 16.6. The number of carbonyl (C=O) groups is 2. The summed E-state index contributed by atoms with van der Waals surface area (Å²) in [6, 6.07) is -0.668. The van der Waals surface area contributed by atoms with E-state index >= 15 is 0 Å². The number of rotatable bonds is 7. The van der Waals surface area contributed by atoms with Crippen molar-refractivity contribution >= 4 is 12.1 Å². The maximum absolute atomic E-state index is 11.9. The maximum Gasteiger partial charge on any atom is 0.407 e. The summed E-state index contributed by atoms with van der Waals surface area (Å²) in [5.74, 6) is 0.0669. The Morgan fingerprint density at radius 1 is 0.895 bits per heavy atom. The van der Waals surface area contributed by atoms with Crippen molar-refractivity contribution in [2.24, 2.45) is 17.8 Å². The number of alkyl carbamates (subject to hydrolysis) is 1. The largest absolute Gasteiger partial charge is 0.464 e. The monoisotopic (exact) mass is 273 g/mol. The summed E-state index contributed by atoms with van der Waals surface area (Å²) >= 11 is 0. The van der Waals surface area contributed by atoms with Crippen LogP contribution in [0.1, 0.15) is 41.5 Å². The summed E-state index contributed by atoms with van der Waals surface area (Å²) in [5, 5.41) is 2.56. The lowest BCUT2D eigenvalue weighted by Gasteiger charge is -2.21. The van der Waals surface area contributed by atoms with Gasteiger partial charge in [0.2, 0.25) is 0 Å². The molecule has 0 aliphatic carbocycles. The molecule has 0 spiro atoms. The van der Waals surface area contributed by atoms with Crippen molar-refractivity contribution in [2.75, 3.05) is 13.2 Å². The van der Waals surface area contributed by atoms with Gasteiger partial charge in [-0.2, -0.15) is 0 Å². The van der Waals surface area contributed by atoms with Crippen molar-refractivity contribution in [1.82, 2.24) is 5.32 Å². The second kappa shape index (κ2) is 8.77. The molecule has 5 heteroatoms. The molecule has 0 rings (SSSR count). The highest BCUT2D eigenvalue weighted by molar-refractivity contribution is 5.81. The Kier molecular flexibility index (Phi) is 8.19. The Balaban J connectivity index is 4.32. The fraction of sp³-hybridized carbons (Fsp3) is 0.857. The number of esters is 1. The molecule has 0 radical (unpaired) electrons. The lowest BCUT2D eigenvalue weighted by atomic mass is 10.1. The van der Waals surface area contributed by atoms with Crippen LogP contribution < -0.4 is 5.32 Å². The Morgan fingerprint density at radius 3 is 1.79 bits per heavy atom. The topological polar surface area (TPSA) is 64.6 Å². The van der Waals surface area contributed by atoms with Crippen LogP contribution in [0.3, 0.4) is 0 Å². The van der Waals surface area contributed by atoms with Gasteiger partial charge in [-0.15, -0.1) is 0 Å². The highest BCUT2D eigenvalue weighted by Crippen LogP contribution is 2.06. The maximum atomic E-state index is 11.9. The smallest absolute Gasteiger partial charge is 0.407 e. The number of amides is 1. The lowest BCUT2D eigenvalue weighted by molar-refractivity contribution is -0.148. The van der Waals surface area contributed by atoms with Crippen molar-refractivity contribution in [3.8, 4) is 0 Å². The molecule has 0 fully saturated rings. The first-order valence-corrected chi connectivity index (χ1v) is 6.84. The van der Waals surface area contributed by atoms with Crippen molar-refractivity contribution < 1.29 is 19.1 Å². The molecule has 0 aliphatic heterocycles. The van der Waals surface area contributed by atoms with E-state index in [2.05, 4.69) is 5.32 Å². The standard InChI is InChI=1S/C14H27NO4/c1-9(2)7-18-13(16)12(11(5)6)15-14(17)19-8-10(3)4/h9-12H,7-8H2,1-6H3,(H,15,17)/t12-/m0/s1. The van der Waals surface area contributed by atoms with Gasteiger partial charge in [0.05, 0.1) is 13.2 Å². The summed E-state index contributed by atoms with van der Waals surface area (Å²) in [4.78, 5) is 23.4. The first-order chi connectivity index (χ1) is 8.73. The van der Waals surface area contributed by atoms with Gasteiger partial charge in [0.15, 0.2) is 0 Å². The minimum atomic E-state index is -0.668. The Hall–Kier alpha value is -1.26. The van der Waals surface area contributed by atoms with Gasteiger partial charge in [-0.25, -0.2) is 9.59 Å². The molecule has 112 valence electrons. The zero-order chi connectivity index (χ0) is 15.0. The number of nitrogens with one attached hydrogen (secondary N) is 1. The minimum Gasteiger partial charge on any atom is -0.464 e. The molecule has 1 atom stereocenters. The average molecular weight is 273 g/mol. The third-order valence-corrected chi connectivity index (χ3v) is 2.30. The van der Waals surface area contributed by atoms with E-state index in [1.807, 2.05) is 41.5 Å². The number of hydrogen-bond donors (Lipinski definition) is 1. The molecule has 0 saturated heterocycles. The van der Waals surface area contributed by atoms with E-state index in [4.69, 9.17) is 9.47 Å². The molecule has 0 aromatic rings. The Bertz CT molecular complexity index is 287. The third kappa shape index (κ3) is 8.46. The van der Waals surface area contributed by atoms with Crippen LogP contribution in [0.25, 0.3) is 0 Å². The second-order valence-electron chi connectivity index (χ2n) is 5.88. The van der Waals surface area contributed by atoms with E-state index < -0.39 is 18.1 Å². The molecule has 0 heterocycles. The Labute approximate surface area is 116 Å². The summed E-state index contributed by atoms with van der Waals surface area (Å²) in [5.41, 5.74) is 0. The van der Waals surface area contributed by atoms with Crippen LogP contribution in [-0.4, -0.2) is 31.3 Å². The van der Waals surface area contributed by atoms with Crippen molar-refractivity contribution in [2.45, 2.75) is 47.6 Å². The van der Waals surface area contributed by atoms with E-state index in [9.17, 15) is 9.59 Å². The van der Waals surface area contributed by atoms with Crippen LogP contribution in [0.4, 0.5) is 4.79 Å². The zero-order valence-electron chi connectivity index (χ0n) is 12.9. The average Bonchev–Trinajstić information content (AvgIpc) is 2.29. The fourth-order valence-electron chi connectivity index (χ4n) is 1.25. The highest BCUT2D eigenvalue weighted by Gasteiger charge is 2.26. The number of hydrogen-bond acceptors (Lipinski definition) is 4. The fourth-order valence-corrected chi connectivity index (χ4v) is 1.25. The van der Waals surface area contributed by atoms with Gasteiger partial charge in [-0.1, -0.05) is 41.5 Å². The van der Waals surface area contributed by atoms with Crippen molar-refractivity contribution in [3.05, 3.63) is 0 Å². The van der Waals surface area contributed by atoms with Crippen LogP contribution in [0.2, 0.25) is 0 Å². The van der Waals surface area contributed by atoms with Crippen LogP contribution in [0.5, 0.6) is 0 Å². The third-order valence-electron chi connectivity index (χ3n) is 2.30. The molecular weight excluding hydrogens is 246 g/mol. The van der Waals surface area contributed by atoms with Crippen LogP contribution in [-0.2, 0) is 14.3 Å². The molecule has 0 aliphatic rings. The lowest BCUT2D eigenvalue weighted by Crippen LogP contribution is -2.46. The van der Waals surface area contributed by atoms with Crippen molar-refractivity contribution in [3.63, 3.8) is 0 Å². The van der Waals surface area contributed by atoms with Gasteiger partial charge >= 0.3 is 12.1 Å². The summed E-state index contributed by atoms with van der Waals surface area (Å²) in [7, 11) is 0. The van der Waals surface area contributed by atoms with Gasteiger partial charge in [0.1, 0.15) is 6.04 Å². The molecule has 0 bridgehead atoms. The molecule has 1 N–H and O–H groups in total. The van der Waals surface area contributed by atoms with E-state index in [-0.39, 0.29) is 17.8 Å². The predicted molar refractivity (Wildman–Crippen MR) is 73.7 cm³/mol. The van der Waals surface area contributed by atoms with E-state index in [1.54, 1.807) is 0 Å². The van der Waals surface area contributed by atoms with E-state index in [0.29, 0.717) is 13.2 Å². The van der Waals surface area contributed by atoms with Gasteiger partial charge in [-0.05, 0) is 17.8 Å². The predicted octanol–water partition coefficient (Wildman–Crippen LogP) is 2.59. The first kappa shape index (κ1) is 17.7. The molecule has 0 aromatic heterocycles. The molecule has 0 saturated carbocycles. The second-order valence-corrected chi connectivity index (χ2v) is 5.88. The van der Waals surface area contributed by atoms with Gasteiger partial charge in [0.25, 0.3) is 0 Å². The molecule has 19 heavy (non-hydrogen) atoms. The van der Waals surface area contributed by atoms with Gasteiger partial charge < -0.3 is 14.8 Å².